The first kappa shape index (κ1) is 20.3. The lowest BCUT2D eigenvalue weighted by Gasteiger charge is -2.38. The van der Waals surface area contributed by atoms with E-state index in [2.05, 4.69) is 32.1 Å². The van der Waals surface area contributed by atoms with Crippen LogP contribution in [0, 0.1) is 6.92 Å². The standard InChI is InChI=1S/C24H26N8/c1-16-7-6-8-18(28-16)23-22(17-10-11-21-26-15-27-32(21)14-17)29-20(30-23)13-24(25)12-5-4-9-19(24)31(2)3/h4-12,14-15,19H,13,25H2,1-3H3,(H,29,30). The van der Waals surface area contributed by atoms with Crippen LogP contribution in [0.3, 0.4) is 0 Å². The third kappa shape index (κ3) is 3.63. The van der Waals surface area contributed by atoms with Gasteiger partial charge in [-0.15, -0.1) is 0 Å². The van der Waals surface area contributed by atoms with Gasteiger partial charge in [0.1, 0.15) is 12.2 Å². The Balaban J connectivity index is 1.61. The van der Waals surface area contributed by atoms with Crippen molar-refractivity contribution < 1.29 is 0 Å². The second-order valence-corrected chi connectivity index (χ2v) is 8.49. The second-order valence-electron chi connectivity index (χ2n) is 8.49. The summed E-state index contributed by atoms with van der Waals surface area (Å²) < 4.78 is 1.75. The van der Waals surface area contributed by atoms with Crippen LogP contribution in [-0.2, 0) is 6.42 Å². The molecule has 0 aromatic carbocycles. The number of hydrogen-bond acceptors (Lipinski definition) is 6. The summed E-state index contributed by atoms with van der Waals surface area (Å²) in [6.45, 7) is 1.98. The van der Waals surface area contributed by atoms with E-state index in [1.54, 1.807) is 10.8 Å². The minimum Gasteiger partial charge on any atom is -0.340 e. The number of nitrogens with two attached hydrogens (primary N) is 1. The van der Waals surface area contributed by atoms with Crippen LogP contribution >= 0.6 is 0 Å². The molecule has 0 saturated heterocycles. The molecule has 1 aliphatic carbocycles. The van der Waals surface area contributed by atoms with Crippen LogP contribution < -0.4 is 5.73 Å². The average Bonchev–Trinajstić information content (AvgIpc) is 3.40. The lowest BCUT2D eigenvalue weighted by molar-refractivity contribution is 0.248. The lowest BCUT2D eigenvalue weighted by Crippen LogP contribution is -2.56. The maximum atomic E-state index is 6.88. The van der Waals surface area contributed by atoms with E-state index in [1.165, 1.54) is 0 Å². The maximum Gasteiger partial charge on any atom is 0.155 e. The predicted molar refractivity (Wildman–Crippen MR) is 125 cm³/mol. The smallest absolute Gasteiger partial charge is 0.155 e. The molecule has 4 heterocycles. The Morgan fingerprint density at radius 1 is 1.16 bits per heavy atom. The first-order valence-electron chi connectivity index (χ1n) is 10.6. The number of imidazole rings is 1. The predicted octanol–water partition coefficient (Wildman–Crippen LogP) is 2.79. The fourth-order valence-corrected chi connectivity index (χ4v) is 4.33. The van der Waals surface area contributed by atoms with Crippen LogP contribution in [0.4, 0.5) is 0 Å². The number of hydrogen-bond donors (Lipinski definition) is 2. The van der Waals surface area contributed by atoms with E-state index < -0.39 is 5.54 Å². The maximum absolute atomic E-state index is 6.88. The van der Waals surface area contributed by atoms with Gasteiger partial charge in [0.15, 0.2) is 5.65 Å². The quantitative estimate of drug-likeness (QED) is 0.509. The van der Waals surface area contributed by atoms with Gasteiger partial charge in [0.05, 0.1) is 22.6 Å². The molecule has 4 aromatic rings. The van der Waals surface area contributed by atoms with Crippen molar-refractivity contribution in [3.8, 4) is 22.6 Å². The Morgan fingerprint density at radius 3 is 2.84 bits per heavy atom. The van der Waals surface area contributed by atoms with Gasteiger partial charge in [0, 0.05) is 29.9 Å². The molecule has 0 fully saturated rings. The van der Waals surface area contributed by atoms with Gasteiger partial charge in [-0.1, -0.05) is 30.4 Å². The summed E-state index contributed by atoms with van der Waals surface area (Å²) in [5, 5.41) is 4.27. The number of H-pyrrole nitrogens is 1. The number of aromatic nitrogens is 6. The topological polar surface area (TPSA) is 101 Å². The Kier molecular flexibility index (Phi) is 4.96. The summed E-state index contributed by atoms with van der Waals surface area (Å²) in [4.78, 5) is 19.6. The van der Waals surface area contributed by atoms with Crippen LogP contribution in [0.1, 0.15) is 11.5 Å². The van der Waals surface area contributed by atoms with Crippen LogP contribution in [0.15, 0.2) is 67.2 Å². The monoisotopic (exact) mass is 426 g/mol. The Hall–Kier alpha value is -3.62. The number of rotatable bonds is 5. The van der Waals surface area contributed by atoms with E-state index in [9.17, 15) is 0 Å². The van der Waals surface area contributed by atoms with Crippen LogP contribution in [0.5, 0.6) is 0 Å². The summed E-state index contributed by atoms with van der Waals surface area (Å²) in [7, 11) is 4.08. The van der Waals surface area contributed by atoms with E-state index in [0.29, 0.717) is 6.42 Å². The molecule has 1 aliphatic rings. The zero-order valence-electron chi connectivity index (χ0n) is 18.4. The molecule has 2 unspecified atom stereocenters. The molecule has 0 aliphatic heterocycles. The molecule has 32 heavy (non-hydrogen) atoms. The number of aryl methyl sites for hydroxylation is 1. The molecule has 0 saturated carbocycles. The highest BCUT2D eigenvalue weighted by atomic mass is 15.3. The van der Waals surface area contributed by atoms with Crippen molar-refractivity contribution >= 4 is 5.65 Å². The molecule has 8 heteroatoms. The normalized spacial score (nSPS) is 20.5. The van der Waals surface area contributed by atoms with Gasteiger partial charge in [-0.3, -0.25) is 4.98 Å². The third-order valence-electron chi connectivity index (χ3n) is 5.84. The number of fused-ring (bicyclic) bond motifs is 1. The molecule has 2 atom stereocenters. The highest BCUT2D eigenvalue weighted by Crippen LogP contribution is 2.31. The summed E-state index contributed by atoms with van der Waals surface area (Å²) in [5.41, 5.74) is 11.5. The van der Waals surface area contributed by atoms with Gasteiger partial charge in [-0.05, 0) is 45.3 Å². The highest BCUT2D eigenvalue weighted by molar-refractivity contribution is 5.77. The minimum atomic E-state index is -0.583. The molecule has 5 rings (SSSR count). The van der Waals surface area contributed by atoms with Gasteiger partial charge >= 0.3 is 0 Å². The molecular weight excluding hydrogens is 400 g/mol. The van der Waals surface area contributed by atoms with Crippen molar-refractivity contribution in [1.82, 2.24) is 34.4 Å². The molecular formula is C24H26N8. The second kappa shape index (κ2) is 7.81. The van der Waals surface area contributed by atoms with Crippen LogP contribution in [0.2, 0.25) is 0 Å². The first-order valence-corrected chi connectivity index (χ1v) is 10.6. The third-order valence-corrected chi connectivity index (χ3v) is 5.84. The summed E-state index contributed by atoms with van der Waals surface area (Å²) in [6, 6.07) is 9.99. The summed E-state index contributed by atoms with van der Waals surface area (Å²) in [6.07, 6.45) is 12.3. The average molecular weight is 427 g/mol. The number of nitrogens with zero attached hydrogens (tertiary/aromatic N) is 6. The van der Waals surface area contributed by atoms with E-state index in [0.717, 1.165) is 39.8 Å². The number of aromatic amines is 1. The zero-order valence-corrected chi connectivity index (χ0v) is 18.4. The summed E-state index contributed by atoms with van der Waals surface area (Å²) >= 11 is 0. The molecule has 162 valence electrons. The molecule has 8 nitrogen and oxygen atoms in total. The lowest BCUT2D eigenvalue weighted by atomic mass is 9.83. The van der Waals surface area contributed by atoms with Crippen molar-refractivity contribution in [3.05, 3.63) is 78.7 Å². The fraction of sp³-hybridized carbons (Fsp3) is 0.250. The molecule has 0 radical (unpaired) electrons. The molecule has 0 bridgehead atoms. The van der Waals surface area contributed by atoms with Gasteiger partial charge in [-0.2, -0.15) is 5.10 Å². The van der Waals surface area contributed by atoms with E-state index in [1.807, 2.05) is 69.7 Å². The Labute approximate surface area is 186 Å². The molecule has 3 N–H and O–H groups in total. The zero-order chi connectivity index (χ0) is 22.3. The number of allylic oxidation sites excluding steroid dienone is 2. The van der Waals surface area contributed by atoms with Gasteiger partial charge in [0.2, 0.25) is 0 Å². The largest absolute Gasteiger partial charge is 0.340 e. The van der Waals surface area contributed by atoms with Gasteiger partial charge < -0.3 is 15.6 Å². The van der Waals surface area contributed by atoms with Gasteiger partial charge in [0.25, 0.3) is 0 Å². The van der Waals surface area contributed by atoms with Crippen molar-refractivity contribution in [1.29, 1.82) is 0 Å². The Morgan fingerprint density at radius 2 is 2.03 bits per heavy atom. The van der Waals surface area contributed by atoms with Crippen molar-refractivity contribution in [2.75, 3.05) is 14.1 Å². The van der Waals surface area contributed by atoms with E-state index in [-0.39, 0.29) is 6.04 Å². The van der Waals surface area contributed by atoms with Gasteiger partial charge in [-0.25, -0.2) is 14.5 Å². The van der Waals surface area contributed by atoms with E-state index >= 15 is 0 Å². The molecule has 0 amide bonds. The van der Waals surface area contributed by atoms with Crippen LogP contribution in [-0.4, -0.2) is 60.1 Å². The van der Waals surface area contributed by atoms with Crippen molar-refractivity contribution in [3.63, 3.8) is 0 Å². The minimum absolute atomic E-state index is 0.0630. The SMILES string of the molecule is Cc1cccc(-c2[nH]c(CC3(N)C=CC=CC3N(C)C)nc2-c2ccc3ncnn3c2)n1. The van der Waals surface area contributed by atoms with Crippen molar-refractivity contribution in [2.45, 2.75) is 24.9 Å². The highest BCUT2D eigenvalue weighted by Gasteiger charge is 2.35. The van der Waals surface area contributed by atoms with E-state index in [4.69, 9.17) is 15.7 Å². The fourth-order valence-electron chi connectivity index (χ4n) is 4.33. The molecule has 4 aromatic heterocycles. The van der Waals surface area contributed by atoms with Crippen molar-refractivity contribution in [2.24, 2.45) is 5.73 Å². The number of pyridine rings is 2. The first-order chi connectivity index (χ1) is 15.4. The van der Waals surface area contributed by atoms with Crippen LogP contribution in [0.25, 0.3) is 28.3 Å². The molecule has 0 spiro atoms. The number of likely N-dealkylation sites (N-methyl/N-ethyl adjacent to an activating group) is 1. The summed E-state index contributed by atoms with van der Waals surface area (Å²) in [5.74, 6) is 0.811. The Bertz CT molecular complexity index is 1330. The number of nitrogens with one attached hydrogen (secondary N) is 1.